The van der Waals surface area contributed by atoms with Gasteiger partial charge in [-0.1, -0.05) is 6.07 Å². The third-order valence-corrected chi connectivity index (χ3v) is 4.55. The van der Waals surface area contributed by atoms with Crippen LogP contribution in [0.1, 0.15) is 24.1 Å². The van der Waals surface area contributed by atoms with E-state index in [0.717, 1.165) is 57.8 Å². The van der Waals surface area contributed by atoms with Crippen molar-refractivity contribution in [3.63, 3.8) is 0 Å². The molecular weight excluding hydrogens is 264 g/mol. The average Bonchev–Trinajstić information content (AvgIpc) is 2.98. The Morgan fingerprint density at radius 1 is 1.38 bits per heavy atom. The molecule has 1 unspecified atom stereocenters. The summed E-state index contributed by atoms with van der Waals surface area (Å²) in [6, 6.07) is 4.10. The van der Waals surface area contributed by atoms with Gasteiger partial charge in [-0.05, 0) is 37.9 Å². The van der Waals surface area contributed by atoms with Crippen LogP contribution in [0.2, 0.25) is 0 Å². The number of likely N-dealkylation sites (tertiary alicyclic amines) is 1. The summed E-state index contributed by atoms with van der Waals surface area (Å²) < 4.78 is 0. The summed E-state index contributed by atoms with van der Waals surface area (Å²) in [6.07, 6.45) is 3.93. The first-order valence-electron chi connectivity index (χ1n) is 7.90. The number of amides is 1. The lowest BCUT2D eigenvalue weighted by Crippen LogP contribution is -2.52. The Morgan fingerprint density at radius 2 is 2.19 bits per heavy atom. The molecule has 0 radical (unpaired) electrons. The molecule has 0 aromatic carbocycles. The number of nitrogens with zero attached hydrogens (tertiary/aromatic N) is 3. The van der Waals surface area contributed by atoms with Crippen molar-refractivity contribution in [1.82, 2.24) is 20.1 Å². The highest BCUT2D eigenvalue weighted by Crippen LogP contribution is 2.22. The Morgan fingerprint density at radius 3 is 2.95 bits per heavy atom. The molecule has 0 bridgehead atoms. The number of nitrogens with one attached hydrogen (secondary N) is 1. The molecule has 1 atom stereocenters. The number of hydrogen-bond donors (Lipinski definition) is 1. The van der Waals surface area contributed by atoms with E-state index in [1.807, 2.05) is 17.2 Å². The zero-order valence-electron chi connectivity index (χ0n) is 12.7. The predicted octanol–water partition coefficient (Wildman–Crippen LogP) is 0.786. The number of hydrogen-bond acceptors (Lipinski definition) is 4. The molecule has 0 saturated carbocycles. The lowest BCUT2D eigenvalue weighted by atomic mass is 10.1. The van der Waals surface area contributed by atoms with Crippen molar-refractivity contribution in [3.05, 3.63) is 29.6 Å². The molecule has 1 aromatic rings. The largest absolute Gasteiger partial charge is 0.339 e. The van der Waals surface area contributed by atoms with E-state index in [-0.39, 0.29) is 6.04 Å². The summed E-state index contributed by atoms with van der Waals surface area (Å²) in [5, 5.41) is 3.30. The van der Waals surface area contributed by atoms with Crippen LogP contribution in [0.5, 0.6) is 0 Å². The topological polar surface area (TPSA) is 48.5 Å². The van der Waals surface area contributed by atoms with Crippen LogP contribution in [0.4, 0.5) is 0 Å². The molecule has 1 aromatic heterocycles. The fraction of sp³-hybridized carbons (Fsp3) is 0.625. The molecule has 0 spiro atoms. The van der Waals surface area contributed by atoms with Gasteiger partial charge in [-0.3, -0.25) is 14.7 Å². The van der Waals surface area contributed by atoms with Gasteiger partial charge in [0.15, 0.2) is 0 Å². The fourth-order valence-electron chi connectivity index (χ4n) is 3.27. The summed E-state index contributed by atoms with van der Waals surface area (Å²) in [4.78, 5) is 21.5. The quantitative estimate of drug-likeness (QED) is 0.893. The van der Waals surface area contributed by atoms with Crippen LogP contribution in [-0.2, 0) is 11.3 Å². The van der Waals surface area contributed by atoms with E-state index in [9.17, 15) is 4.79 Å². The van der Waals surface area contributed by atoms with Gasteiger partial charge in [0.2, 0.25) is 5.91 Å². The molecule has 0 aliphatic carbocycles. The molecule has 3 rings (SSSR count). The molecule has 3 heterocycles. The maximum absolute atomic E-state index is 12.7. The predicted molar refractivity (Wildman–Crippen MR) is 81.9 cm³/mol. The lowest BCUT2D eigenvalue weighted by Gasteiger charge is -2.33. The van der Waals surface area contributed by atoms with Gasteiger partial charge in [0.25, 0.3) is 0 Å². The van der Waals surface area contributed by atoms with E-state index in [1.165, 1.54) is 5.56 Å². The van der Waals surface area contributed by atoms with Crippen molar-refractivity contribution >= 4 is 5.91 Å². The van der Waals surface area contributed by atoms with Crippen LogP contribution in [0.25, 0.3) is 0 Å². The number of rotatable bonds is 3. The molecule has 21 heavy (non-hydrogen) atoms. The molecular formula is C16H24N4O. The summed E-state index contributed by atoms with van der Waals surface area (Å²) in [7, 11) is 0. The maximum atomic E-state index is 12.7. The molecule has 5 heteroatoms. The smallest absolute Gasteiger partial charge is 0.240 e. The minimum Gasteiger partial charge on any atom is -0.339 e. The third-order valence-electron chi connectivity index (χ3n) is 4.55. The van der Waals surface area contributed by atoms with Crippen LogP contribution in [0.3, 0.4) is 0 Å². The highest BCUT2D eigenvalue weighted by molar-refractivity contribution is 5.82. The molecule has 1 N–H and O–H groups in total. The second kappa shape index (κ2) is 6.54. The molecule has 2 aliphatic heterocycles. The molecule has 1 amide bonds. The zero-order valence-corrected chi connectivity index (χ0v) is 12.7. The lowest BCUT2D eigenvalue weighted by molar-refractivity contribution is -0.136. The average molecular weight is 288 g/mol. The van der Waals surface area contributed by atoms with Crippen molar-refractivity contribution in [2.75, 3.05) is 32.7 Å². The normalized spacial score (nSPS) is 23.5. The first-order valence-corrected chi connectivity index (χ1v) is 7.90. The Labute approximate surface area is 126 Å². The minimum atomic E-state index is 0.0458. The van der Waals surface area contributed by atoms with Gasteiger partial charge in [0.1, 0.15) is 0 Å². The highest BCUT2D eigenvalue weighted by atomic mass is 16.2. The van der Waals surface area contributed by atoms with E-state index in [4.69, 9.17) is 0 Å². The van der Waals surface area contributed by atoms with E-state index in [2.05, 4.69) is 28.2 Å². The van der Waals surface area contributed by atoms with Crippen LogP contribution in [0, 0.1) is 6.92 Å². The SMILES string of the molecule is Cc1cccnc1CN1CCCC1C(=O)N1CCNCC1. The van der Waals surface area contributed by atoms with Crippen molar-refractivity contribution in [2.24, 2.45) is 0 Å². The van der Waals surface area contributed by atoms with Gasteiger partial charge in [-0.2, -0.15) is 0 Å². The Balaban J connectivity index is 1.67. The summed E-state index contributed by atoms with van der Waals surface area (Å²) in [6.45, 7) is 7.38. The van der Waals surface area contributed by atoms with Crippen LogP contribution >= 0.6 is 0 Å². The highest BCUT2D eigenvalue weighted by Gasteiger charge is 2.34. The first-order chi connectivity index (χ1) is 10.3. The van der Waals surface area contributed by atoms with Gasteiger partial charge >= 0.3 is 0 Å². The number of piperazine rings is 1. The van der Waals surface area contributed by atoms with E-state index >= 15 is 0 Å². The fourth-order valence-corrected chi connectivity index (χ4v) is 3.27. The number of carbonyl (C=O) groups excluding carboxylic acids is 1. The van der Waals surface area contributed by atoms with Gasteiger partial charge in [0.05, 0.1) is 11.7 Å². The van der Waals surface area contributed by atoms with E-state index < -0.39 is 0 Å². The van der Waals surface area contributed by atoms with Gasteiger partial charge in [0, 0.05) is 38.9 Å². The van der Waals surface area contributed by atoms with Crippen LogP contribution < -0.4 is 5.32 Å². The molecule has 2 fully saturated rings. The first kappa shape index (κ1) is 14.5. The number of carbonyl (C=O) groups is 1. The monoisotopic (exact) mass is 288 g/mol. The maximum Gasteiger partial charge on any atom is 0.240 e. The standard InChI is InChI=1S/C16H24N4O/c1-13-4-2-6-18-14(13)12-20-9-3-5-15(20)16(21)19-10-7-17-8-11-19/h2,4,6,15,17H,3,5,7-12H2,1H3. The van der Waals surface area contributed by atoms with E-state index in [0.29, 0.717) is 5.91 Å². The second-order valence-corrected chi connectivity index (χ2v) is 5.97. The van der Waals surface area contributed by atoms with Crippen molar-refractivity contribution in [2.45, 2.75) is 32.4 Å². The van der Waals surface area contributed by atoms with Gasteiger partial charge in [-0.15, -0.1) is 0 Å². The molecule has 2 aliphatic rings. The Kier molecular flexibility index (Phi) is 4.51. The van der Waals surface area contributed by atoms with Crippen LogP contribution in [-0.4, -0.2) is 59.5 Å². The zero-order chi connectivity index (χ0) is 14.7. The number of pyridine rings is 1. The Bertz CT molecular complexity index is 499. The molecule has 5 nitrogen and oxygen atoms in total. The van der Waals surface area contributed by atoms with Gasteiger partial charge in [-0.25, -0.2) is 0 Å². The molecule has 2 saturated heterocycles. The summed E-state index contributed by atoms with van der Waals surface area (Å²) in [5.41, 5.74) is 2.30. The number of aryl methyl sites for hydroxylation is 1. The third kappa shape index (κ3) is 3.24. The second-order valence-electron chi connectivity index (χ2n) is 5.97. The molecule has 114 valence electrons. The van der Waals surface area contributed by atoms with E-state index in [1.54, 1.807) is 0 Å². The number of aromatic nitrogens is 1. The minimum absolute atomic E-state index is 0.0458. The van der Waals surface area contributed by atoms with Crippen molar-refractivity contribution < 1.29 is 4.79 Å². The van der Waals surface area contributed by atoms with Crippen LogP contribution in [0.15, 0.2) is 18.3 Å². The van der Waals surface area contributed by atoms with Crippen molar-refractivity contribution in [1.29, 1.82) is 0 Å². The summed E-state index contributed by atoms with van der Waals surface area (Å²) >= 11 is 0. The Hall–Kier alpha value is -1.46. The van der Waals surface area contributed by atoms with Crippen molar-refractivity contribution in [3.8, 4) is 0 Å². The summed E-state index contributed by atoms with van der Waals surface area (Å²) in [5.74, 6) is 0.308. The van der Waals surface area contributed by atoms with Gasteiger partial charge < -0.3 is 10.2 Å².